The normalized spacial score (nSPS) is 13.8. The van der Waals surface area contributed by atoms with E-state index in [4.69, 9.17) is 14.6 Å². The molecule has 5 N–H and O–H groups in total. The molecule has 0 spiro atoms. The van der Waals surface area contributed by atoms with Crippen LogP contribution in [0.4, 0.5) is 5.69 Å². The van der Waals surface area contributed by atoms with Crippen LogP contribution in [0.3, 0.4) is 0 Å². The van der Waals surface area contributed by atoms with Gasteiger partial charge in [-0.05, 0) is 66.6 Å². The number of nitrogens with one attached hydrogen (secondary N) is 2. The number of aliphatic hydroxyl groups excluding tert-OH is 1. The predicted molar refractivity (Wildman–Crippen MR) is 163 cm³/mol. The molecule has 1 aromatic heterocycles. The van der Waals surface area contributed by atoms with Crippen LogP contribution in [0.5, 0.6) is 0 Å². The van der Waals surface area contributed by atoms with Crippen molar-refractivity contribution in [2.45, 2.75) is 51.7 Å². The summed E-state index contributed by atoms with van der Waals surface area (Å²) in [7, 11) is 1.70. The van der Waals surface area contributed by atoms with Crippen LogP contribution in [-0.4, -0.2) is 48.7 Å². The van der Waals surface area contributed by atoms with Gasteiger partial charge in [0.15, 0.2) is 0 Å². The molecule has 8 heteroatoms. The SMILES string of the molecule is CC(C)C(C=C1CCC1)OCC1c2ccccc2-c2ccccc21.CNCC(=O)Nc1ccc(CO)nc1.NC=O. The van der Waals surface area contributed by atoms with Crippen molar-refractivity contribution in [3.8, 4) is 11.1 Å². The van der Waals surface area contributed by atoms with Crippen molar-refractivity contribution < 1.29 is 19.4 Å². The van der Waals surface area contributed by atoms with Crippen LogP contribution in [-0.2, 0) is 20.9 Å². The molecule has 218 valence electrons. The van der Waals surface area contributed by atoms with E-state index in [0.717, 1.165) is 6.61 Å². The van der Waals surface area contributed by atoms with Gasteiger partial charge in [0, 0.05) is 5.92 Å². The molecule has 3 aromatic rings. The van der Waals surface area contributed by atoms with E-state index in [2.05, 4.69) is 89.8 Å². The Morgan fingerprint density at radius 2 is 1.68 bits per heavy atom. The number of carbonyl (C=O) groups excluding carboxylic acids is 2. The molecule has 5 rings (SSSR count). The Kier molecular flexibility index (Phi) is 12.7. The third kappa shape index (κ3) is 9.08. The molecule has 2 aliphatic rings. The molecule has 1 fully saturated rings. The molecule has 41 heavy (non-hydrogen) atoms. The molecule has 2 aromatic carbocycles. The molecule has 8 nitrogen and oxygen atoms in total. The van der Waals surface area contributed by atoms with Crippen LogP contribution >= 0.6 is 0 Å². The number of hydrogen-bond acceptors (Lipinski definition) is 6. The maximum absolute atomic E-state index is 11.1. The lowest BCUT2D eigenvalue weighted by Crippen LogP contribution is -2.25. The quantitative estimate of drug-likeness (QED) is 0.221. The zero-order valence-electron chi connectivity index (χ0n) is 24.2. The van der Waals surface area contributed by atoms with Gasteiger partial charge in [0.1, 0.15) is 0 Å². The van der Waals surface area contributed by atoms with Gasteiger partial charge >= 0.3 is 0 Å². The number of carbonyl (C=O) groups is 2. The molecule has 1 heterocycles. The van der Waals surface area contributed by atoms with Crippen LogP contribution < -0.4 is 16.4 Å². The van der Waals surface area contributed by atoms with E-state index in [1.807, 2.05) is 0 Å². The van der Waals surface area contributed by atoms with Crippen LogP contribution in [0.25, 0.3) is 11.1 Å². The van der Waals surface area contributed by atoms with E-state index in [-0.39, 0.29) is 31.6 Å². The standard InChI is InChI=1S/C23H26O.C9H13N3O2.CH3NO/c1-16(2)23(14-17-8-7-9-17)24-15-22-20-12-5-3-10-18(20)19-11-4-6-13-21(19)22;1-10-5-9(14)12-7-2-3-8(6-13)11-4-7;2-1-3/h3-6,10-14,16,22-23H,7-9,15H2,1-2H3;2-4,10,13H,5-6H2,1H3,(H,12,14);1H,(H2,2,3). The highest BCUT2D eigenvalue weighted by molar-refractivity contribution is 5.92. The average Bonchev–Trinajstić information content (AvgIpc) is 3.27. The summed E-state index contributed by atoms with van der Waals surface area (Å²) in [6.07, 6.45) is 8.27. The highest BCUT2D eigenvalue weighted by Crippen LogP contribution is 2.44. The number of primary amides is 1. The molecular weight excluding hydrogens is 516 g/mol. The Hall–Kier alpha value is -3.85. The Morgan fingerprint density at radius 1 is 1.07 bits per heavy atom. The van der Waals surface area contributed by atoms with Crippen molar-refractivity contribution in [3.05, 3.63) is 95.3 Å². The summed E-state index contributed by atoms with van der Waals surface area (Å²) in [5.74, 6) is 0.759. The number of ether oxygens (including phenoxy) is 1. The van der Waals surface area contributed by atoms with Crippen molar-refractivity contribution in [1.29, 1.82) is 0 Å². The molecular formula is C33H42N4O4. The van der Waals surface area contributed by atoms with Crippen molar-refractivity contribution in [2.75, 3.05) is 25.5 Å². The fourth-order valence-electron chi connectivity index (χ4n) is 4.82. The van der Waals surface area contributed by atoms with E-state index < -0.39 is 0 Å². The lowest BCUT2D eigenvalue weighted by molar-refractivity contribution is -0.115. The summed E-state index contributed by atoms with van der Waals surface area (Å²) < 4.78 is 6.43. The summed E-state index contributed by atoms with van der Waals surface area (Å²) in [6.45, 7) is 5.46. The first-order chi connectivity index (χ1) is 19.9. The second kappa shape index (κ2) is 16.4. The second-order valence-electron chi connectivity index (χ2n) is 10.4. The lowest BCUT2D eigenvalue weighted by Gasteiger charge is -2.25. The lowest BCUT2D eigenvalue weighted by atomic mass is 9.89. The smallest absolute Gasteiger partial charge is 0.238 e. The zero-order chi connectivity index (χ0) is 29.6. The number of nitrogens with two attached hydrogens (primary N) is 1. The van der Waals surface area contributed by atoms with E-state index in [1.54, 1.807) is 24.8 Å². The number of aromatic nitrogens is 1. The summed E-state index contributed by atoms with van der Waals surface area (Å²) >= 11 is 0. The van der Waals surface area contributed by atoms with Gasteiger partial charge in [-0.15, -0.1) is 0 Å². The second-order valence-corrected chi connectivity index (χ2v) is 10.4. The van der Waals surface area contributed by atoms with Gasteiger partial charge in [-0.1, -0.05) is 74.0 Å². The van der Waals surface area contributed by atoms with Crippen molar-refractivity contribution >= 4 is 18.0 Å². The molecule has 0 aliphatic heterocycles. The van der Waals surface area contributed by atoms with Crippen LogP contribution in [0.1, 0.15) is 55.8 Å². The van der Waals surface area contributed by atoms with Gasteiger partial charge in [0.05, 0.1) is 43.4 Å². The highest BCUT2D eigenvalue weighted by Gasteiger charge is 2.29. The molecule has 2 amide bonds. The minimum absolute atomic E-state index is 0.0925. The van der Waals surface area contributed by atoms with Crippen molar-refractivity contribution in [3.63, 3.8) is 0 Å². The number of likely N-dealkylation sites (N-methyl/N-ethyl adjacent to an activating group) is 1. The third-order valence-corrected chi connectivity index (χ3v) is 7.08. The van der Waals surface area contributed by atoms with Gasteiger partial charge in [-0.3, -0.25) is 14.6 Å². The maximum Gasteiger partial charge on any atom is 0.238 e. The zero-order valence-corrected chi connectivity index (χ0v) is 24.2. The van der Waals surface area contributed by atoms with Crippen LogP contribution in [0.15, 0.2) is 78.5 Å². The van der Waals surface area contributed by atoms with E-state index in [9.17, 15) is 4.79 Å². The number of nitrogens with zero attached hydrogens (tertiary/aromatic N) is 1. The molecule has 0 radical (unpaired) electrons. The minimum Gasteiger partial charge on any atom is -0.390 e. The molecule has 0 bridgehead atoms. The maximum atomic E-state index is 11.1. The fourth-order valence-corrected chi connectivity index (χ4v) is 4.82. The van der Waals surface area contributed by atoms with E-state index >= 15 is 0 Å². The number of hydrogen-bond donors (Lipinski definition) is 4. The van der Waals surface area contributed by atoms with E-state index in [1.165, 1.54) is 47.7 Å². The number of benzene rings is 2. The molecule has 0 saturated heterocycles. The molecule has 1 unspecified atom stereocenters. The number of amides is 2. The first kappa shape index (κ1) is 31.7. The number of rotatable bonds is 9. The van der Waals surface area contributed by atoms with Gasteiger partial charge in [-0.25, -0.2) is 0 Å². The van der Waals surface area contributed by atoms with Gasteiger partial charge < -0.3 is 26.2 Å². The molecule has 1 atom stereocenters. The van der Waals surface area contributed by atoms with Crippen molar-refractivity contribution in [1.82, 2.24) is 10.3 Å². The Bertz CT molecular complexity index is 1240. The number of anilines is 1. The minimum atomic E-state index is -0.119. The summed E-state index contributed by atoms with van der Waals surface area (Å²) in [5, 5.41) is 14.1. The highest BCUT2D eigenvalue weighted by atomic mass is 16.5. The summed E-state index contributed by atoms with van der Waals surface area (Å²) in [6, 6.07) is 20.9. The summed E-state index contributed by atoms with van der Waals surface area (Å²) in [4.78, 5) is 23.6. The largest absolute Gasteiger partial charge is 0.390 e. The first-order valence-corrected chi connectivity index (χ1v) is 14.1. The number of allylic oxidation sites excluding steroid dienone is 1. The third-order valence-electron chi connectivity index (χ3n) is 7.08. The predicted octanol–water partition coefficient (Wildman–Crippen LogP) is 4.78. The number of fused-ring (bicyclic) bond motifs is 3. The van der Waals surface area contributed by atoms with E-state index in [0.29, 0.717) is 23.2 Å². The first-order valence-electron chi connectivity index (χ1n) is 14.1. The Balaban J connectivity index is 0.000000232. The topological polar surface area (TPSA) is 127 Å². The molecule has 2 aliphatic carbocycles. The van der Waals surface area contributed by atoms with Gasteiger partial charge in [0.25, 0.3) is 0 Å². The molecule has 1 saturated carbocycles. The van der Waals surface area contributed by atoms with Crippen LogP contribution in [0.2, 0.25) is 0 Å². The van der Waals surface area contributed by atoms with Gasteiger partial charge in [-0.2, -0.15) is 0 Å². The Morgan fingerprint density at radius 3 is 2.15 bits per heavy atom. The average molecular weight is 559 g/mol. The monoisotopic (exact) mass is 558 g/mol. The van der Waals surface area contributed by atoms with Gasteiger partial charge in [0.2, 0.25) is 12.3 Å². The Labute approximate surface area is 243 Å². The van der Waals surface area contributed by atoms with Crippen LogP contribution in [0, 0.1) is 5.92 Å². The fraction of sp³-hybridized carbons (Fsp3) is 0.364. The summed E-state index contributed by atoms with van der Waals surface area (Å²) in [5.41, 5.74) is 12.5. The number of pyridine rings is 1. The number of aliphatic hydroxyl groups is 1. The van der Waals surface area contributed by atoms with Crippen molar-refractivity contribution in [2.24, 2.45) is 11.7 Å².